The van der Waals surface area contributed by atoms with Crippen LogP contribution in [0.25, 0.3) is 0 Å². The zero-order chi connectivity index (χ0) is 32.9. The smallest absolute Gasteiger partial charge is 0.352 e. The number of oxime groups is 1. The van der Waals surface area contributed by atoms with Crippen molar-refractivity contribution in [3.63, 3.8) is 0 Å². The Morgan fingerprint density at radius 3 is 2.65 bits per heavy atom. The molecular weight excluding hydrogens is 690 g/mol. The molecule has 3 aliphatic heterocycles. The molecular formula is C28H33N11NaO5S3. The number of amides is 2. The minimum Gasteiger partial charge on any atom is -0.477 e. The zero-order valence-corrected chi connectivity index (χ0v) is 30.8. The number of rotatable bonds is 13. The number of aromatic nitrogens is 5. The molecule has 2 fully saturated rings. The molecule has 0 saturated carbocycles. The minimum atomic E-state index is -1.21. The molecule has 1 aromatic carbocycles. The summed E-state index contributed by atoms with van der Waals surface area (Å²) in [4.78, 5) is 53.5. The van der Waals surface area contributed by atoms with Crippen LogP contribution in [0.15, 0.2) is 57.3 Å². The number of carboxylic acid groups (broad SMARTS) is 1. The number of carbonyl (C=O) groups is 3. The largest absolute Gasteiger partial charge is 0.477 e. The Morgan fingerprint density at radius 2 is 1.96 bits per heavy atom. The van der Waals surface area contributed by atoms with Gasteiger partial charge in [0.1, 0.15) is 29.9 Å². The van der Waals surface area contributed by atoms with E-state index in [4.69, 9.17) is 10.6 Å². The Morgan fingerprint density at radius 1 is 1.19 bits per heavy atom. The third-order valence-corrected chi connectivity index (χ3v) is 11.0. The number of hydrogen-bond donors (Lipinski definition) is 3. The SMILES string of the molecule is CON=C(C(=O)NC1C(=O)N2C(C(=O)O)=C(CSc3nnnn3CCCN3CCN(c4ccccc4)CC3)CS[C@H]12)c1csc(N)n1.[Na]. The normalized spacial score (nSPS) is 19.8. The number of anilines is 2. The third-order valence-electron chi connectivity index (χ3n) is 7.91. The molecule has 1 radical (unpaired) electrons. The number of aliphatic carboxylic acids is 1. The van der Waals surface area contributed by atoms with Gasteiger partial charge in [0.2, 0.25) is 5.16 Å². The van der Waals surface area contributed by atoms with Crippen LogP contribution < -0.4 is 16.0 Å². The number of aryl methyl sites for hydroxylation is 1. The summed E-state index contributed by atoms with van der Waals surface area (Å²) in [6.45, 7) is 5.48. The molecule has 2 atom stereocenters. The number of para-hydroxylation sites is 1. The fourth-order valence-corrected chi connectivity index (χ4v) is 8.54. The number of fused-ring (bicyclic) bond motifs is 1. The summed E-state index contributed by atoms with van der Waals surface area (Å²) in [6, 6.07) is 9.50. The van der Waals surface area contributed by atoms with Gasteiger partial charge in [0, 0.05) is 91.4 Å². The van der Waals surface area contributed by atoms with Crippen molar-refractivity contribution in [2.24, 2.45) is 5.16 Å². The van der Waals surface area contributed by atoms with Gasteiger partial charge in [-0.2, -0.15) is 0 Å². The molecule has 5 heterocycles. The third kappa shape index (κ3) is 7.98. The first kappa shape index (κ1) is 36.1. The van der Waals surface area contributed by atoms with E-state index in [1.807, 2.05) is 6.07 Å². The molecule has 0 spiro atoms. The summed E-state index contributed by atoms with van der Waals surface area (Å²) >= 11 is 3.84. The maximum Gasteiger partial charge on any atom is 0.352 e. The number of tetrazole rings is 1. The van der Waals surface area contributed by atoms with Crippen LogP contribution in [-0.2, 0) is 25.8 Å². The molecule has 48 heavy (non-hydrogen) atoms. The summed E-state index contributed by atoms with van der Waals surface area (Å²) in [6.07, 6.45) is 0.868. The average molecular weight is 723 g/mol. The number of hydrogen-bond acceptors (Lipinski definition) is 15. The quantitative estimate of drug-likeness (QED) is 0.0722. The van der Waals surface area contributed by atoms with E-state index in [1.54, 1.807) is 10.1 Å². The van der Waals surface area contributed by atoms with Crippen LogP contribution in [0.4, 0.5) is 10.8 Å². The standard InChI is InChI=1S/C28H33N11O5S3.Na/c1-44-33-20(19-16-46-27(29)30-19)23(40)31-21-24(41)39-22(26(42)43)17(14-45-25(21)39)15-47-28-32-34-35-38(28)9-5-8-36-10-12-37(13-11-36)18-6-3-2-4-7-18;/h2-4,6-7,16,21,25H,5,8-15H2,1H3,(H2,29,30)(H,31,40)(H,42,43);/t21?,25-;/m1./s1. The topological polar surface area (TPSA) is 197 Å². The second-order valence-corrected chi connectivity index (χ2v) is 13.7. The zero-order valence-electron chi connectivity index (χ0n) is 26.4. The molecule has 2 amide bonds. The van der Waals surface area contributed by atoms with Gasteiger partial charge in [-0.05, 0) is 34.6 Å². The molecule has 2 aromatic heterocycles. The van der Waals surface area contributed by atoms with Crippen molar-refractivity contribution in [2.75, 3.05) is 62.0 Å². The number of carboxylic acids is 1. The number of piperazine rings is 1. The summed E-state index contributed by atoms with van der Waals surface area (Å²) in [5, 5.41) is 30.4. The molecule has 20 heteroatoms. The van der Waals surface area contributed by atoms with Gasteiger partial charge in [-0.3, -0.25) is 19.4 Å². The number of nitrogen functional groups attached to an aromatic ring is 1. The Kier molecular flexibility index (Phi) is 12.4. The van der Waals surface area contributed by atoms with Crippen molar-refractivity contribution in [2.45, 2.75) is 29.5 Å². The second kappa shape index (κ2) is 16.5. The Bertz CT molecular complexity index is 1680. The summed E-state index contributed by atoms with van der Waals surface area (Å²) in [5.41, 5.74) is 7.51. The number of nitrogens with two attached hydrogens (primary N) is 1. The van der Waals surface area contributed by atoms with Crippen LogP contribution in [0.1, 0.15) is 12.1 Å². The van der Waals surface area contributed by atoms with E-state index in [0.717, 1.165) is 50.5 Å². The van der Waals surface area contributed by atoms with Gasteiger partial charge >= 0.3 is 5.97 Å². The minimum absolute atomic E-state index is 0. The van der Waals surface area contributed by atoms with Gasteiger partial charge in [0.15, 0.2) is 10.8 Å². The Balaban J connectivity index is 0.00000451. The summed E-state index contributed by atoms with van der Waals surface area (Å²) in [5.74, 6) is -1.78. The molecule has 3 aliphatic rings. The number of thioether (sulfide) groups is 2. The van der Waals surface area contributed by atoms with E-state index in [2.05, 4.69) is 65.0 Å². The van der Waals surface area contributed by atoms with E-state index in [-0.39, 0.29) is 51.8 Å². The van der Waals surface area contributed by atoms with Crippen LogP contribution in [-0.4, -0.2) is 156 Å². The van der Waals surface area contributed by atoms with Crippen molar-refractivity contribution in [1.82, 2.24) is 40.3 Å². The molecule has 2 saturated heterocycles. The number of benzene rings is 1. The van der Waals surface area contributed by atoms with Crippen LogP contribution in [0.2, 0.25) is 0 Å². The predicted molar refractivity (Wildman–Crippen MR) is 184 cm³/mol. The van der Waals surface area contributed by atoms with Crippen molar-refractivity contribution in [3.05, 3.63) is 52.7 Å². The molecule has 0 aliphatic carbocycles. The molecule has 0 bridgehead atoms. The fourth-order valence-electron chi connectivity index (χ4n) is 5.60. The van der Waals surface area contributed by atoms with Gasteiger partial charge < -0.3 is 25.9 Å². The van der Waals surface area contributed by atoms with Crippen LogP contribution in [0, 0.1) is 0 Å². The maximum absolute atomic E-state index is 13.2. The summed E-state index contributed by atoms with van der Waals surface area (Å²) < 4.78 is 1.74. The molecule has 249 valence electrons. The van der Waals surface area contributed by atoms with Crippen LogP contribution in [0.5, 0.6) is 0 Å². The van der Waals surface area contributed by atoms with Gasteiger partial charge in [-0.25, -0.2) is 14.5 Å². The molecule has 1 unspecified atom stereocenters. The molecule has 3 aromatic rings. The first-order chi connectivity index (χ1) is 22.8. The van der Waals surface area contributed by atoms with Gasteiger partial charge in [-0.15, -0.1) is 28.2 Å². The van der Waals surface area contributed by atoms with Crippen molar-refractivity contribution in [3.8, 4) is 0 Å². The van der Waals surface area contributed by atoms with Crippen molar-refractivity contribution >= 4 is 98.7 Å². The molecule has 6 rings (SSSR count). The number of nitrogens with zero attached hydrogens (tertiary/aromatic N) is 9. The first-order valence-electron chi connectivity index (χ1n) is 14.8. The number of β-lactam (4-membered cyclic amide) rings is 1. The molecule has 16 nitrogen and oxygen atoms in total. The Hall–Kier alpha value is -3.20. The Labute approximate surface area is 310 Å². The van der Waals surface area contributed by atoms with E-state index < -0.39 is 29.2 Å². The monoisotopic (exact) mass is 722 g/mol. The summed E-state index contributed by atoms with van der Waals surface area (Å²) in [7, 11) is 1.29. The van der Waals surface area contributed by atoms with E-state index in [0.29, 0.717) is 28.8 Å². The molecule has 4 N–H and O–H groups in total. The first-order valence-corrected chi connectivity index (χ1v) is 17.7. The van der Waals surface area contributed by atoms with E-state index in [9.17, 15) is 19.5 Å². The van der Waals surface area contributed by atoms with Crippen LogP contribution >= 0.6 is 34.9 Å². The number of thiazole rings is 1. The van der Waals surface area contributed by atoms with E-state index >= 15 is 0 Å². The van der Waals surface area contributed by atoms with Gasteiger partial charge in [0.25, 0.3) is 11.8 Å². The number of carbonyl (C=O) groups excluding carboxylic acids is 2. The van der Waals surface area contributed by atoms with Crippen LogP contribution in [0.3, 0.4) is 0 Å². The second-order valence-electron chi connectivity index (χ2n) is 10.8. The number of nitrogens with one attached hydrogen (secondary N) is 1. The average Bonchev–Trinajstić information content (AvgIpc) is 3.73. The van der Waals surface area contributed by atoms with Crippen molar-refractivity contribution < 1.29 is 24.3 Å². The van der Waals surface area contributed by atoms with E-state index in [1.165, 1.54) is 41.2 Å². The fraction of sp³-hybridized carbons (Fsp3) is 0.429. The van der Waals surface area contributed by atoms with Crippen molar-refractivity contribution in [1.29, 1.82) is 0 Å². The maximum atomic E-state index is 13.2. The van der Waals surface area contributed by atoms with Gasteiger partial charge in [0.05, 0.1) is 0 Å². The predicted octanol–water partition coefficient (Wildman–Crippen LogP) is 0.425. The van der Waals surface area contributed by atoms with Gasteiger partial charge in [-0.1, -0.05) is 35.1 Å².